The first-order chi connectivity index (χ1) is 11.2. The normalized spacial score (nSPS) is 21.0. The molecule has 2 aromatic carbocycles. The number of anilines is 1. The molecule has 1 saturated heterocycles. The SMILES string of the molecule is O=C(NCC1CC1)[C@@H]1CC(=O)N(c2cccc3ccccc23)C1. The van der Waals surface area contributed by atoms with Crippen molar-refractivity contribution < 1.29 is 9.59 Å². The molecular weight excluding hydrogens is 288 g/mol. The van der Waals surface area contributed by atoms with E-state index in [4.69, 9.17) is 0 Å². The van der Waals surface area contributed by atoms with E-state index in [1.807, 2.05) is 42.5 Å². The quantitative estimate of drug-likeness (QED) is 0.944. The third kappa shape index (κ3) is 2.81. The molecule has 1 saturated carbocycles. The number of nitrogens with zero attached hydrogens (tertiary/aromatic N) is 1. The van der Waals surface area contributed by atoms with Gasteiger partial charge in [0, 0.05) is 24.9 Å². The lowest BCUT2D eigenvalue weighted by Crippen LogP contribution is -2.34. The Kier molecular flexibility index (Phi) is 3.52. The lowest BCUT2D eigenvalue weighted by molar-refractivity contribution is -0.126. The number of carbonyl (C=O) groups excluding carboxylic acids is 2. The van der Waals surface area contributed by atoms with Gasteiger partial charge in [-0.25, -0.2) is 0 Å². The number of fused-ring (bicyclic) bond motifs is 1. The van der Waals surface area contributed by atoms with Gasteiger partial charge in [-0.1, -0.05) is 36.4 Å². The van der Waals surface area contributed by atoms with Crippen molar-refractivity contribution in [3.8, 4) is 0 Å². The maximum Gasteiger partial charge on any atom is 0.227 e. The van der Waals surface area contributed by atoms with E-state index in [9.17, 15) is 9.59 Å². The van der Waals surface area contributed by atoms with Crippen LogP contribution in [0.25, 0.3) is 10.8 Å². The van der Waals surface area contributed by atoms with E-state index in [0.29, 0.717) is 18.9 Å². The maximum absolute atomic E-state index is 12.4. The third-order valence-electron chi connectivity index (χ3n) is 4.82. The topological polar surface area (TPSA) is 49.4 Å². The summed E-state index contributed by atoms with van der Waals surface area (Å²) in [4.78, 5) is 26.5. The van der Waals surface area contributed by atoms with Gasteiger partial charge >= 0.3 is 0 Å². The van der Waals surface area contributed by atoms with Crippen LogP contribution in [-0.2, 0) is 9.59 Å². The van der Waals surface area contributed by atoms with Crippen LogP contribution in [0.3, 0.4) is 0 Å². The summed E-state index contributed by atoms with van der Waals surface area (Å²) < 4.78 is 0. The van der Waals surface area contributed by atoms with Crippen LogP contribution in [0.4, 0.5) is 5.69 Å². The minimum absolute atomic E-state index is 0.0213. The molecule has 0 aromatic heterocycles. The minimum Gasteiger partial charge on any atom is -0.356 e. The Bertz CT molecular complexity index is 762. The van der Waals surface area contributed by atoms with Crippen molar-refractivity contribution in [1.29, 1.82) is 0 Å². The van der Waals surface area contributed by atoms with E-state index in [-0.39, 0.29) is 17.7 Å². The largest absolute Gasteiger partial charge is 0.356 e. The molecule has 4 nitrogen and oxygen atoms in total. The summed E-state index contributed by atoms with van der Waals surface area (Å²) in [5.41, 5.74) is 0.908. The monoisotopic (exact) mass is 308 g/mol. The molecule has 4 heteroatoms. The molecule has 2 fully saturated rings. The highest BCUT2D eigenvalue weighted by Gasteiger charge is 2.36. The van der Waals surface area contributed by atoms with Crippen molar-refractivity contribution in [3.05, 3.63) is 42.5 Å². The van der Waals surface area contributed by atoms with Crippen molar-refractivity contribution in [1.82, 2.24) is 5.32 Å². The Hall–Kier alpha value is -2.36. The van der Waals surface area contributed by atoms with Gasteiger partial charge in [-0.3, -0.25) is 9.59 Å². The summed E-state index contributed by atoms with van der Waals surface area (Å²) in [6, 6.07) is 14.0. The van der Waals surface area contributed by atoms with Crippen molar-refractivity contribution in [3.63, 3.8) is 0 Å². The minimum atomic E-state index is -0.236. The number of nitrogens with one attached hydrogen (secondary N) is 1. The van der Waals surface area contributed by atoms with Crippen LogP contribution in [0.15, 0.2) is 42.5 Å². The van der Waals surface area contributed by atoms with E-state index >= 15 is 0 Å². The van der Waals surface area contributed by atoms with Crippen LogP contribution in [0, 0.1) is 11.8 Å². The predicted molar refractivity (Wildman–Crippen MR) is 90.1 cm³/mol. The first-order valence-electron chi connectivity index (χ1n) is 8.28. The van der Waals surface area contributed by atoms with Gasteiger partial charge in [-0.15, -0.1) is 0 Å². The highest BCUT2D eigenvalue weighted by Crippen LogP contribution is 2.32. The molecular formula is C19H20N2O2. The van der Waals surface area contributed by atoms with Gasteiger partial charge in [0.15, 0.2) is 0 Å². The fraction of sp³-hybridized carbons (Fsp3) is 0.368. The van der Waals surface area contributed by atoms with Crippen molar-refractivity contribution >= 4 is 28.3 Å². The van der Waals surface area contributed by atoms with Crippen LogP contribution >= 0.6 is 0 Å². The summed E-state index contributed by atoms with van der Waals surface area (Å²) >= 11 is 0. The zero-order valence-electron chi connectivity index (χ0n) is 13.0. The molecule has 0 spiro atoms. The number of hydrogen-bond acceptors (Lipinski definition) is 2. The number of rotatable bonds is 4. The van der Waals surface area contributed by atoms with Crippen molar-refractivity contribution in [2.75, 3.05) is 18.0 Å². The molecule has 0 unspecified atom stereocenters. The molecule has 1 heterocycles. The molecule has 2 amide bonds. The van der Waals surface area contributed by atoms with E-state index in [1.165, 1.54) is 12.8 Å². The first kappa shape index (κ1) is 14.2. The molecule has 0 bridgehead atoms. The molecule has 1 aliphatic heterocycles. The molecule has 2 aromatic rings. The van der Waals surface area contributed by atoms with Gasteiger partial charge in [0.05, 0.1) is 11.6 Å². The number of amides is 2. The van der Waals surface area contributed by atoms with E-state index < -0.39 is 0 Å². The fourth-order valence-corrected chi connectivity index (χ4v) is 3.27. The van der Waals surface area contributed by atoms with Crippen LogP contribution in [-0.4, -0.2) is 24.9 Å². The zero-order valence-corrected chi connectivity index (χ0v) is 13.0. The Morgan fingerprint density at radius 2 is 1.91 bits per heavy atom. The van der Waals surface area contributed by atoms with Gasteiger partial charge in [-0.2, -0.15) is 0 Å². The molecule has 0 radical (unpaired) electrons. The lowest BCUT2D eigenvalue weighted by atomic mass is 10.1. The number of benzene rings is 2. The summed E-state index contributed by atoms with van der Waals surface area (Å²) in [6.07, 6.45) is 2.73. The standard InChI is InChI=1S/C19H20N2O2/c22-18-10-15(19(23)20-11-13-8-9-13)12-21(18)17-7-3-5-14-4-1-2-6-16(14)17/h1-7,13,15H,8-12H2,(H,20,23)/t15-/m1/s1. The average Bonchev–Trinajstić information content (AvgIpc) is 3.33. The average molecular weight is 308 g/mol. The maximum atomic E-state index is 12.4. The van der Waals surface area contributed by atoms with Crippen molar-refractivity contribution in [2.24, 2.45) is 11.8 Å². The van der Waals surface area contributed by atoms with Gasteiger partial charge < -0.3 is 10.2 Å². The molecule has 1 aliphatic carbocycles. The molecule has 2 aliphatic rings. The fourth-order valence-electron chi connectivity index (χ4n) is 3.27. The van der Waals surface area contributed by atoms with Gasteiger partial charge in [-0.05, 0) is 30.2 Å². The first-order valence-corrected chi connectivity index (χ1v) is 8.28. The van der Waals surface area contributed by atoms with Gasteiger partial charge in [0.25, 0.3) is 0 Å². The number of hydrogen-bond donors (Lipinski definition) is 1. The number of carbonyl (C=O) groups is 2. The highest BCUT2D eigenvalue weighted by molar-refractivity contribution is 6.06. The summed E-state index contributed by atoms with van der Waals surface area (Å²) in [5.74, 6) is 0.478. The van der Waals surface area contributed by atoms with Crippen molar-refractivity contribution in [2.45, 2.75) is 19.3 Å². The Labute approximate surface area is 135 Å². The Balaban J connectivity index is 1.54. The van der Waals surface area contributed by atoms with E-state index in [2.05, 4.69) is 5.32 Å². The summed E-state index contributed by atoms with van der Waals surface area (Å²) in [5, 5.41) is 5.17. The van der Waals surface area contributed by atoms with Gasteiger partial charge in [0.2, 0.25) is 11.8 Å². The Morgan fingerprint density at radius 1 is 1.13 bits per heavy atom. The second-order valence-corrected chi connectivity index (χ2v) is 6.59. The van der Waals surface area contributed by atoms with Crippen LogP contribution in [0.2, 0.25) is 0 Å². The van der Waals surface area contributed by atoms with Crippen LogP contribution in [0.5, 0.6) is 0 Å². The molecule has 4 rings (SSSR count). The molecule has 1 N–H and O–H groups in total. The van der Waals surface area contributed by atoms with Gasteiger partial charge in [0.1, 0.15) is 0 Å². The summed E-state index contributed by atoms with van der Waals surface area (Å²) in [6.45, 7) is 1.24. The molecule has 1 atom stereocenters. The third-order valence-corrected chi connectivity index (χ3v) is 4.82. The molecule has 118 valence electrons. The van der Waals surface area contributed by atoms with E-state index in [1.54, 1.807) is 4.90 Å². The smallest absolute Gasteiger partial charge is 0.227 e. The van der Waals surface area contributed by atoms with E-state index in [0.717, 1.165) is 23.0 Å². The highest BCUT2D eigenvalue weighted by atomic mass is 16.2. The summed E-state index contributed by atoms with van der Waals surface area (Å²) in [7, 11) is 0. The van der Waals surface area contributed by atoms with Crippen LogP contribution < -0.4 is 10.2 Å². The second kappa shape index (κ2) is 5.69. The van der Waals surface area contributed by atoms with Crippen LogP contribution in [0.1, 0.15) is 19.3 Å². The predicted octanol–water partition coefficient (Wildman–Crippen LogP) is 2.72. The second-order valence-electron chi connectivity index (χ2n) is 6.59. The zero-order chi connectivity index (χ0) is 15.8. The lowest BCUT2D eigenvalue weighted by Gasteiger charge is -2.19. The molecule has 23 heavy (non-hydrogen) atoms. The Morgan fingerprint density at radius 3 is 2.74 bits per heavy atom.